The Morgan fingerprint density at radius 2 is 1.91 bits per heavy atom. The second-order valence-electron chi connectivity index (χ2n) is 6.04. The molecule has 118 valence electrons. The average molecular weight is 308 g/mol. The summed E-state index contributed by atoms with van der Waals surface area (Å²) in [7, 11) is 0. The van der Waals surface area contributed by atoms with Crippen LogP contribution in [0.5, 0.6) is 0 Å². The van der Waals surface area contributed by atoms with E-state index in [1.54, 1.807) is 11.5 Å². The minimum absolute atomic E-state index is 0.358. The molecule has 0 bridgehead atoms. The van der Waals surface area contributed by atoms with Gasteiger partial charge in [-0.2, -0.15) is 0 Å². The molecule has 3 aromatic rings. The molecule has 0 saturated carbocycles. The topological polar surface area (TPSA) is 65.1 Å². The van der Waals surface area contributed by atoms with E-state index in [1.165, 1.54) is 16.8 Å². The normalized spacial score (nSPS) is 11.1. The quantitative estimate of drug-likeness (QED) is 0.504. The first-order valence-corrected chi connectivity index (χ1v) is 7.73. The van der Waals surface area contributed by atoms with Crippen molar-refractivity contribution < 1.29 is 10.0 Å². The van der Waals surface area contributed by atoms with Crippen LogP contribution in [0.1, 0.15) is 46.9 Å². The average Bonchev–Trinajstić information content (AvgIpc) is 2.93. The molecule has 1 amide bonds. The first-order chi connectivity index (χ1) is 11.1. The molecule has 3 rings (SSSR count). The molecule has 4 heteroatoms. The van der Waals surface area contributed by atoms with Gasteiger partial charge in [0.2, 0.25) is 0 Å². The van der Waals surface area contributed by atoms with Crippen LogP contribution in [0.3, 0.4) is 0 Å². The molecule has 3 N–H and O–H groups in total. The largest absolute Gasteiger partial charge is 0.358 e. The fourth-order valence-corrected chi connectivity index (χ4v) is 2.96. The fraction of sp³-hybridized carbons (Fsp3) is 0.211. The van der Waals surface area contributed by atoms with Gasteiger partial charge in [-0.1, -0.05) is 44.2 Å². The van der Waals surface area contributed by atoms with Crippen LogP contribution in [0.4, 0.5) is 0 Å². The third-order valence-corrected chi connectivity index (χ3v) is 4.10. The summed E-state index contributed by atoms with van der Waals surface area (Å²) in [5.74, 6) is -0.138. The number of hydrogen-bond acceptors (Lipinski definition) is 2. The molecule has 0 aliphatic carbocycles. The van der Waals surface area contributed by atoms with Crippen LogP contribution in [0.15, 0.2) is 48.5 Å². The summed E-state index contributed by atoms with van der Waals surface area (Å²) in [6, 6.07) is 15.7. The van der Waals surface area contributed by atoms with Crippen LogP contribution < -0.4 is 5.48 Å². The van der Waals surface area contributed by atoms with Gasteiger partial charge in [0.05, 0.1) is 0 Å². The molecule has 0 aliphatic heterocycles. The van der Waals surface area contributed by atoms with Crippen molar-refractivity contribution in [3.8, 4) is 0 Å². The van der Waals surface area contributed by atoms with Gasteiger partial charge in [-0.05, 0) is 41.7 Å². The number of benzene rings is 2. The van der Waals surface area contributed by atoms with Crippen molar-refractivity contribution in [2.75, 3.05) is 0 Å². The third kappa shape index (κ3) is 2.98. The lowest BCUT2D eigenvalue weighted by molar-refractivity contribution is 0.0706. The number of hydrogen-bond donors (Lipinski definition) is 3. The van der Waals surface area contributed by atoms with Gasteiger partial charge >= 0.3 is 0 Å². The van der Waals surface area contributed by atoms with Crippen LogP contribution >= 0.6 is 0 Å². The Morgan fingerprint density at radius 3 is 2.57 bits per heavy atom. The highest BCUT2D eigenvalue weighted by Gasteiger charge is 2.16. The van der Waals surface area contributed by atoms with E-state index < -0.39 is 5.91 Å². The van der Waals surface area contributed by atoms with Crippen LogP contribution in [0.25, 0.3) is 10.9 Å². The van der Waals surface area contributed by atoms with Crippen molar-refractivity contribution in [3.05, 3.63) is 70.9 Å². The summed E-state index contributed by atoms with van der Waals surface area (Å²) in [5.41, 5.74) is 6.77. The highest BCUT2D eigenvalue weighted by molar-refractivity contribution is 5.98. The number of carbonyl (C=O) groups excluding carboxylic acids is 1. The molecule has 0 saturated heterocycles. The van der Waals surface area contributed by atoms with Crippen molar-refractivity contribution in [2.24, 2.45) is 0 Å². The predicted molar refractivity (Wildman–Crippen MR) is 90.9 cm³/mol. The molecule has 0 radical (unpaired) electrons. The second-order valence-corrected chi connectivity index (χ2v) is 6.04. The molecule has 2 aromatic carbocycles. The Labute approximate surface area is 135 Å². The number of nitrogens with one attached hydrogen (secondary N) is 2. The minimum Gasteiger partial charge on any atom is -0.358 e. The molecule has 0 spiro atoms. The Kier molecular flexibility index (Phi) is 4.17. The Hall–Kier alpha value is -2.59. The molecule has 0 unspecified atom stereocenters. The van der Waals surface area contributed by atoms with E-state index in [9.17, 15) is 4.79 Å². The lowest BCUT2D eigenvalue weighted by atomic mass is 9.96. The van der Waals surface area contributed by atoms with Crippen molar-refractivity contribution >= 4 is 16.8 Å². The number of aromatic nitrogens is 1. The zero-order valence-corrected chi connectivity index (χ0v) is 13.3. The molecule has 23 heavy (non-hydrogen) atoms. The van der Waals surface area contributed by atoms with Gasteiger partial charge in [-0.3, -0.25) is 10.0 Å². The van der Waals surface area contributed by atoms with Crippen LogP contribution in [-0.4, -0.2) is 16.1 Å². The zero-order chi connectivity index (χ0) is 16.4. The SMILES string of the molecule is CC(C)c1[nH]c2ccc(C(=O)NO)cc2c1Cc1ccccc1. The molecule has 0 fully saturated rings. The van der Waals surface area contributed by atoms with E-state index in [1.807, 2.05) is 30.3 Å². The van der Waals surface area contributed by atoms with E-state index in [2.05, 4.69) is 31.0 Å². The predicted octanol–water partition coefficient (Wildman–Crippen LogP) is 4.00. The van der Waals surface area contributed by atoms with E-state index in [0.717, 1.165) is 17.3 Å². The van der Waals surface area contributed by atoms with Gasteiger partial charge in [0.1, 0.15) is 0 Å². The molecule has 4 nitrogen and oxygen atoms in total. The highest BCUT2D eigenvalue weighted by atomic mass is 16.5. The second kappa shape index (κ2) is 6.26. The van der Waals surface area contributed by atoms with E-state index in [-0.39, 0.29) is 0 Å². The van der Waals surface area contributed by atoms with Crippen molar-refractivity contribution in [2.45, 2.75) is 26.2 Å². The van der Waals surface area contributed by atoms with Gasteiger partial charge in [-0.25, -0.2) is 5.48 Å². The summed E-state index contributed by atoms with van der Waals surface area (Å²) in [6.45, 7) is 4.31. The number of hydroxylamine groups is 1. The smallest absolute Gasteiger partial charge is 0.274 e. The number of amides is 1. The van der Waals surface area contributed by atoms with Gasteiger partial charge in [-0.15, -0.1) is 0 Å². The van der Waals surface area contributed by atoms with E-state index in [0.29, 0.717) is 11.5 Å². The maximum atomic E-state index is 11.7. The van der Waals surface area contributed by atoms with Gasteiger partial charge in [0.25, 0.3) is 5.91 Å². The maximum absolute atomic E-state index is 11.7. The number of fused-ring (bicyclic) bond motifs is 1. The lowest BCUT2D eigenvalue weighted by Crippen LogP contribution is -2.18. The van der Waals surface area contributed by atoms with E-state index in [4.69, 9.17) is 5.21 Å². The monoisotopic (exact) mass is 308 g/mol. The minimum atomic E-state index is -0.496. The van der Waals surface area contributed by atoms with E-state index >= 15 is 0 Å². The zero-order valence-electron chi connectivity index (χ0n) is 13.3. The summed E-state index contributed by atoms with van der Waals surface area (Å²) in [4.78, 5) is 15.2. The van der Waals surface area contributed by atoms with Gasteiger partial charge in [0.15, 0.2) is 0 Å². The highest BCUT2D eigenvalue weighted by Crippen LogP contribution is 2.30. The number of rotatable bonds is 4. The number of carbonyl (C=O) groups is 1. The first-order valence-electron chi connectivity index (χ1n) is 7.73. The fourth-order valence-electron chi connectivity index (χ4n) is 2.96. The molecular formula is C19H20N2O2. The first kappa shape index (κ1) is 15.3. The van der Waals surface area contributed by atoms with Crippen LogP contribution in [0, 0.1) is 0 Å². The standard InChI is InChI=1S/C19H20N2O2/c1-12(2)18-16(10-13-6-4-3-5-7-13)15-11-14(19(22)21-23)8-9-17(15)20-18/h3-9,11-12,20,23H,10H2,1-2H3,(H,21,22). The molecule has 0 atom stereocenters. The number of H-pyrrole nitrogens is 1. The molecular weight excluding hydrogens is 288 g/mol. The summed E-state index contributed by atoms with van der Waals surface area (Å²) >= 11 is 0. The Morgan fingerprint density at radius 1 is 1.17 bits per heavy atom. The number of aromatic amines is 1. The molecule has 0 aliphatic rings. The Balaban J connectivity index is 2.15. The van der Waals surface area contributed by atoms with Gasteiger partial charge < -0.3 is 4.98 Å². The maximum Gasteiger partial charge on any atom is 0.274 e. The molecule has 1 heterocycles. The lowest BCUT2D eigenvalue weighted by Gasteiger charge is -2.08. The van der Waals surface area contributed by atoms with Crippen molar-refractivity contribution in [1.82, 2.24) is 10.5 Å². The van der Waals surface area contributed by atoms with Crippen molar-refractivity contribution in [1.29, 1.82) is 0 Å². The summed E-state index contributed by atoms with van der Waals surface area (Å²) < 4.78 is 0. The Bertz CT molecular complexity index is 835. The summed E-state index contributed by atoms with van der Waals surface area (Å²) in [5, 5.41) is 9.88. The third-order valence-electron chi connectivity index (χ3n) is 4.10. The van der Waals surface area contributed by atoms with Crippen molar-refractivity contribution in [3.63, 3.8) is 0 Å². The molecule has 1 aromatic heterocycles. The van der Waals surface area contributed by atoms with Crippen LogP contribution in [0.2, 0.25) is 0 Å². The van der Waals surface area contributed by atoms with Gasteiger partial charge in [0, 0.05) is 22.2 Å². The van der Waals surface area contributed by atoms with Crippen LogP contribution in [-0.2, 0) is 6.42 Å². The summed E-state index contributed by atoms with van der Waals surface area (Å²) in [6.07, 6.45) is 0.804.